The van der Waals surface area contributed by atoms with Gasteiger partial charge in [-0.3, -0.25) is 25.3 Å². The summed E-state index contributed by atoms with van der Waals surface area (Å²) in [5, 5.41) is 15.1. The molecule has 0 aliphatic carbocycles. The highest BCUT2D eigenvalue weighted by Gasteiger charge is 2.48. The summed E-state index contributed by atoms with van der Waals surface area (Å²) in [7, 11) is 1.31. The molecule has 0 fully saturated rings. The summed E-state index contributed by atoms with van der Waals surface area (Å²) in [6.45, 7) is 8.30. The average molecular weight is 461 g/mol. The number of hydroxylamine groups is 1. The number of benzene rings is 1. The summed E-state index contributed by atoms with van der Waals surface area (Å²) in [6.07, 6.45) is 2.33. The summed E-state index contributed by atoms with van der Waals surface area (Å²) >= 11 is 0. The van der Waals surface area contributed by atoms with Crippen molar-refractivity contribution in [2.75, 3.05) is 19.0 Å². The van der Waals surface area contributed by atoms with E-state index in [0.717, 1.165) is 12.8 Å². The maximum atomic E-state index is 13.6. The van der Waals surface area contributed by atoms with Crippen LogP contribution in [0.5, 0.6) is 0 Å². The zero-order valence-electron chi connectivity index (χ0n) is 20.1. The molecule has 33 heavy (non-hydrogen) atoms. The molecule has 4 N–H and O–H groups in total. The molecule has 9 heteroatoms. The van der Waals surface area contributed by atoms with E-state index in [4.69, 9.17) is 4.74 Å². The minimum absolute atomic E-state index is 0.0562. The lowest BCUT2D eigenvalue weighted by molar-refractivity contribution is -0.136. The molecule has 2 atom stereocenters. The van der Waals surface area contributed by atoms with Gasteiger partial charge >= 0.3 is 5.97 Å². The van der Waals surface area contributed by atoms with Crippen LogP contribution in [-0.2, 0) is 14.3 Å². The quantitative estimate of drug-likeness (QED) is 0.314. The third-order valence-electron chi connectivity index (χ3n) is 6.29. The molecule has 0 saturated heterocycles. The smallest absolute Gasteiger partial charge is 0.337 e. The van der Waals surface area contributed by atoms with Crippen LogP contribution in [0.3, 0.4) is 0 Å². The number of rotatable bonds is 10. The summed E-state index contributed by atoms with van der Waals surface area (Å²) < 4.78 is 4.69. The van der Waals surface area contributed by atoms with E-state index in [1.54, 1.807) is 24.3 Å². The van der Waals surface area contributed by atoms with E-state index in [0.29, 0.717) is 29.9 Å². The Balaban J connectivity index is 2.20. The fraction of sp³-hybridized carbons (Fsp3) is 0.583. The molecule has 182 valence electrons. The van der Waals surface area contributed by atoms with Crippen LogP contribution in [-0.4, -0.2) is 48.5 Å². The molecule has 0 bridgehead atoms. The molecule has 2 amide bonds. The van der Waals surface area contributed by atoms with Gasteiger partial charge in [-0.05, 0) is 42.5 Å². The lowest BCUT2D eigenvalue weighted by Crippen LogP contribution is -2.53. The van der Waals surface area contributed by atoms with E-state index >= 15 is 0 Å². The Hall–Kier alpha value is -2.94. The van der Waals surface area contributed by atoms with Crippen LogP contribution >= 0.6 is 0 Å². The van der Waals surface area contributed by atoms with Gasteiger partial charge in [0.25, 0.3) is 0 Å². The maximum Gasteiger partial charge on any atom is 0.337 e. The van der Waals surface area contributed by atoms with Crippen molar-refractivity contribution in [1.29, 1.82) is 0 Å². The van der Waals surface area contributed by atoms with Crippen molar-refractivity contribution >= 4 is 29.3 Å². The van der Waals surface area contributed by atoms with Gasteiger partial charge in [-0.2, -0.15) is 0 Å². The third kappa shape index (κ3) is 6.31. The molecule has 1 heterocycles. The number of hydrogen-bond acceptors (Lipinski definition) is 7. The molecular formula is C24H36N4O5. The van der Waals surface area contributed by atoms with Gasteiger partial charge in [0.05, 0.1) is 24.6 Å². The van der Waals surface area contributed by atoms with E-state index in [2.05, 4.69) is 21.1 Å². The highest BCUT2D eigenvalue weighted by molar-refractivity contribution is 6.00. The zero-order valence-corrected chi connectivity index (χ0v) is 20.1. The lowest BCUT2D eigenvalue weighted by atomic mass is 9.70. The van der Waals surface area contributed by atoms with Crippen molar-refractivity contribution in [1.82, 2.24) is 10.8 Å². The van der Waals surface area contributed by atoms with Gasteiger partial charge in [-0.1, -0.05) is 40.5 Å². The van der Waals surface area contributed by atoms with Crippen LogP contribution < -0.4 is 16.1 Å². The standard InChI is InChI=1S/C24H36N4O5/c1-6-17(7-2)24(13-20(28-32)25-14-24)23(31)27-19(12-15(3)4)21(29)26-18-10-8-16(9-11-18)22(30)33-5/h8-11,15,17,19,32H,6-7,12-14H2,1-5H3,(H,25,28)(H,26,29)(H,27,31). The number of hydrogen-bond donors (Lipinski definition) is 4. The first-order valence-electron chi connectivity index (χ1n) is 11.4. The number of amides is 2. The number of ether oxygens (including phenoxy) is 1. The lowest BCUT2D eigenvalue weighted by Gasteiger charge is -2.36. The summed E-state index contributed by atoms with van der Waals surface area (Å²) in [4.78, 5) is 42.6. The fourth-order valence-corrected chi connectivity index (χ4v) is 4.44. The second kappa shape index (κ2) is 11.8. The van der Waals surface area contributed by atoms with E-state index in [1.165, 1.54) is 7.11 Å². The Morgan fingerprint density at radius 1 is 1.15 bits per heavy atom. The summed E-state index contributed by atoms with van der Waals surface area (Å²) in [5.74, 6) is -0.413. The molecule has 0 spiro atoms. The number of amidine groups is 1. The predicted molar refractivity (Wildman–Crippen MR) is 126 cm³/mol. The number of carbonyl (C=O) groups is 3. The van der Waals surface area contributed by atoms with Gasteiger partial charge in [-0.15, -0.1) is 0 Å². The Kier molecular flexibility index (Phi) is 9.40. The molecule has 1 aliphatic rings. The number of methoxy groups -OCH3 is 1. The van der Waals surface area contributed by atoms with Crippen molar-refractivity contribution in [3.63, 3.8) is 0 Å². The number of esters is 1. The van der Waals surface area contributed by atoms with Crippen LogP contribution in [0.4, 0.5) is 5.69 Å². The van der Waals surface area contributed by atoms with Crippen LogP contribution in [0.15, 0.2) is 29.3 Å². The molecule has 2 rings (SSSR count). The van der Waals surface area contributed by atoms with Gasteiger partial charge in [0.1, 0.15) is 11.9 Å². The predicted octanol–water partition coefficient (Wildman–Crippen LogP) is 3.15. The first-order valence-corrected chi connectivity index (χ1v) is 11.4. The van der Waals surface area contributed by atoms with Crippen LogP contribution in [0, 0.1) is 17.3 Å². The SMILES string of the molecule is CCC(CC)C1(C(=O)NC(CC(C)C)C(=O)Nc2ccc(C(=O)OC)cc2)CN=C(NO)C1. The molecule has 1 aromatic carbocycles. The Bertz CT molecular complexity index is 864. The molecule has 0 aromatic heterocycles. The molecule has 0 saturated carbocycles. The highest BCUT2D eigenvalue weighted by atomic mass is 16.5. The maximum absolute atomic E-state index is 13.6. The second-order valence-electron chi connectivity index (χ2n) is 8.93. The Labute approximate surface area is 195 Å². The van der Waals surface area contributed by atoms with Crippen molar-refractivity contribution < 1.29 is 24.3 Å². The zero-order chi connectivity index (χ0) is 24.6. The topological polar surface area (TPSA) is 129 Å². The number of aliphatic imine (C=N–C) groups is 1. The molecule has 2 unspecified atom stereocenters. The van der Waals surface area contributed by atoms with Crippen LogP contribution in [0.25, 0.3) is 0 Å². The first kappa shape index (κ1) is 26.3. The molecule has 9 nitrogen and oxygen atoms in total. The van der Waals surface area contributed by atoms with Crippen molar-refractivity contribution in [2.24, 2.45) is 22.2 Å². The Morgan fingerprint density at radius 3 is 2.27 bits per heavy atom. The number of anilines is 1. The summed E-state index contributed by atoms with van der Waals surface area (Å²) in [6, 6.07) is 5.63. The molecule has 0 radical (unpaired) electrons. The van der Waals surface area contributed by atoms with E-state index < -0.39 is 17.4 Å². The van der Waals surface area contributed by atoms with Crippen LogP contribution in [0.2, 0.25) is 0 Å². The van der Waals surface area contributed by atoms with Gasteiger partial charge in [0.15, 0.2) is 0 Å². The summed E-state index contributed by atoms with van der Waals surface area (Å²) in [5.41, 5.74) is 2.17. The number of carbonyl (C=O) groups excluding carboxylic acids is 3. The van der Waals surface area contributed by atoms with E-state index in [1.807, 2.05) is 27.7 Å². The van der Waals surface area contributed by atoms with Gasteiger partial charge in [0.2, 0.25) is 11.8 Å². The first-order chi connectivity index (χ1) is 15.7. The minimum Gasteiger partial charge on any atom is -0.465 e. The molecule has 1 aromatic rings. The monoisotopic (exact) mass is 460 g/mol. The van der Waals surface area contributed by atoms with Gasteiger partial charge in [0, 0.05) is 12.1 Å². The fourth-order valence-electron chi connectivity index (χ4n) is 4.44. The van der Waals surface area contributed by atoms with Gasteiger partial charge < -0.3 is 15.4 Å². The molecule has 1 aliphatic heterocycles. The normalized spacial score (nSPS) is 18.6. The largest absolute Gasteiger partial charge is 0.465 e. The van der Waals surface area contributed by atoms with Gasteiger partial charge in [-0.25, -0.2) is 4.79 Å². The van der Waals surface area contributed by atoms with Crippen LogP contribution in [0.1, 0.15) is 63.7 Å². The van der Waals surface area contributed by atoms with E-state index in [-0.39, 0.29) is 30.2 Å². The number of nitrogens with zero attached hydrogens (tertiary/aromatic N) is 1. The van der Waals surface area contributed by atoms with Crippen molar-refractivity contribution in [3.8, 4) is 0 Å². The average Bonchev–Trinajstić information content (AvgIpc) is 3.24. The highest BCUT2D eigenvalue weighted by Crippen LogP contribution is 2.40. The Morgan fingerprint density at radius 2 is 1.79 bits per heavy atom. The second-order valence-corrected chi connectivity index (χ2v) is 8.93. The minimum atomic E-state index is -0.813. The number of nitrogens with one attached hydrogen (secondary N) is 3. The van der Waals surface area contributed by atoms with Crippen molar-refractivity contribution in [2.45, 2.75) is 59.4 Å². The van der Waals surface area contributed by atoms with Crippen molar-refractivity contribution in [3.05, 3.63) is 29.8 Å². The third-order valence-corrected chi connectivity index (χ3v) is 6.29. The molecular weight excluding hydrogens is 424 g/mol. The van der Waals surface area contributed by atoms with E-state index in [9.17, 15) is 19.6 Å².